The van der Waals surface area contributed by atoms with Crippen molar-refractivity contribution in [1.82, 2.24) is 0 Å². The van der Waals surface area contributed by atoms with Crippen molar-refractivity contribution in [3.05, 3.63) is 224 Å². The highest BCUT2D eigenvalue weighted by molar-refractivity contribution is 6.10. The zero-order valence-corrected chi connectivity index (χ0v) is 31.7. The van der Waals surface area contributed by atoms with Crippen LogP contribution in [0.5, 0.6) is 0 Å². The van der Waals surface area contributed by atoms with Gasteiger partial charge in [0.05, 0.1) is 5.69 Å². The second kappa shape index (κ2) is 14.1. The topological polar surface area (TPSA) is 16.4 Å². The van der Waals surface area contributed by atoms with E-state index in [9.17, 15) is 0 Å². The predicted molar refractivity (Wildman–Crippen MR) is 245 cm³/mol. The minimum absolute atomic E-state index is 0.913. The van der Waals surface area contributed by atoms with Crippen molar-refractivity contribution in [2.24, 2.45) is 0 Å². The summed E-state index contributed by atoms with van der Waals surface area (Å²) in [4.78, 5) is 2.39. The Balaban J connectivity index is 1.00. The van der Waals surface area contributed by atoms with Crippen LogP contribution in [0.15, 0.2) is 229 Å². The van der Waals surface area contributed by atoms with Crippen LogP contribution in [0.4, 0.5) is 17.1 Å². The number of benzene rings is 10. The van der Waals surface area contributed by atoms with Crippen molar-refractivity contribution in [3.8, 4) is 44.5 Å². The number of rotatable bonds is 7. The Morgan fingerprint density at radius 3 is 1.62 bits per heavy atom. The number of nitrogens with zero attached hydrogens (tertiary/aromatic N) is 1. The molecule has 11 rings (SSSR count). The molecule has 58 heavy (non-hydrogen) atoms. The second-order valence-electron chi connectivity index (χ2n) is 15.0. The van der Waals surface area contributed by atoms with Crippen LogP contribution in [0.2, 0.25) is 0 Å². The van der Waals surface area contributed by atoms with Gasteiger partial charge in [0.25, 0.3) is 0 Å². The molecule has 0 unspecified atom stereocenters. The minimum atomic E-state index is 0.913. The third kappa shape index (κ3) is 6.09. The van der Waals surface area contributed by atoms with Crippen molar-refractivity contribution in [3.63, 3.8) is 0 Å². The number of anilines is 3. The predicted octanol–water partition coefficient (Wildman–Crippen LogP) is 16.0. The highest BCUT2D eigenvalue weighted by Gasteiger charge is 2.18. The zero-order valence-electron chi connectivity index (χ0n) is 31.7. The largest absolute Gasteiger partial charge is 0.456 e. The molecule has 0 aliphatic carbocycles. The van der Waals surface area contributed by atoms with Crippen LogP contribution < -0.4 is 4.90 Å². The van der Waals surface area contributed by atoms with Gasteiger partial charge >= 0.3 is 0 Å². The molecule has 1 heterocycles. The van der Waals surface area contributed by atoms with E-state index in [-0.39, 0.29) is 0 Å². The summed E-state index contributed by atoms with van der Waals surface area (Å²) >= 11 is 0. The van der Waals surface area contributed by atoms with E-state index in [2.05, 4.69) is 217 Å². The van der Waals surface area contributed by atoms with Crippen LogP contribution in [0, 0.1) is 0 Å². The lowest BCUT2D eigenvalue weighted by atomic mass is 9.96. The number of fused-ring (bicyclic) bond motifs is 5. The van der Waals surface area contributed by atoms with Gasteiger partial charge in [-0.25, -0.2) is 0 Å². The van der Waals surface area contributed by atoms with Crippen LogP contribution >= 0.6 is 0 Å². The number of furan rings is 1. The molecular weight excluding hydrogens is 703 g/mol. The van der Waals surface area contributed by atoms with E-state index in [4.69, 9.17) is 4.42 Å². The molecule has 0 N–H and O–H groups in total. The highest BCUT2D eigenvalue weighted by Crippen LogP contribution is 2.43. The van der Waals surface area contributed by atoms with E-state index in [0.29, 0.717) is 0 Å². The number of para-hydroxylation sites is 2. The molecule has 10 aromatic carbocycles. The van der Waals surface area contributed by atoms with Crippen LogP contribution in [0.25, 0.3) is 88.0 Å². The van der Waals surface area contributed by atoms with Gasteiger partial charge in [-0.15, -0.1) is 0 Å². The normalized spacial score (nSPS) is 11.4. The standard InChI is InChI=1S/C56H37NO/c1-2-11-38(12-3-1)40-25-29-49(30-26-40)57(50-31-27-41(28-32-50)43-15-10-16-44(33-43)45-22-21-39-13-4-5-14-42(39)34-45)54-19-8-6-17-51(54)47-24-23-46-37-56-53(36-48(46)35-47)52-18-7-9-20-55(52)58-56/h1-37H. The highest BCUT2D eigenvalue weighted by atomic mass is 16.3. The van der Waals surface area contributed by atoms with Crippen LogP contribution in [-0.2, 0) is 0 Å². The van der Waals surface area contributed by atoms with Gasteiger partial charge in [0.1, 0.15) is 11.2 Å². The molecule has 0 bridgehead atoms. The molecule has 2 heteroatoms. The minimum Gasteiger partial charge on any atom is -0.456 e. The molecule has 0 saturated carbocycles. The fourth-order valence-electron chi connectivity index (χ4n) is 8.46. The van der Waals surface area contributed by atoms with E-state index < -0.39 is 0 Å². The average Bonchev–Trinajstić information content (AvgIpc) is 3.66. The van der Waals surface area contributed by atoms with Crippen molar-refractivity contribution in [2.45, 2.75) is 0 Å². The summed E-state index contributed by atoms with van der Waals surface area (Å²) in [5, 5.41) is 7.11. The van der Waals surface area contributed by atoms with Gasteiger partial charge < -0.3 is 9.32 Å². The Morgan fingerprint density at radius 1 is 0.276 bits per heavy atom. The molecule has 272 valence electrons. The van der Waals surface area contributed by atoms with Gasteiger partial charge in [0, 0.05) is 27.7 Å². The van der Waals surface area contributed by atoms with E-state index in [1.54, 1.807) is 0 Å². The smallest absolute Gasteiger partial charge is 0.136 e. The van der Waals surface area contributed by atoms with Gasteiger partial charge in [-0.3, -0.25) is 0 Å². The summed E-state index contributed by atoms with van der Waals surface area (Å²) in [6, 6.07) is 80.9. The van der Waals surface area contributed by atoms with Crippen molar-refractivity contribution >= 4 is 60.5 Å². The summed E-state index contributed by atoms with van der Waals surface area (Å²) in [5.41, 5.74) is 14.6. The first-order valence-electron chi connectivity index (χ1n) is 19.8. The summed E-state index contributed by atoms with van der Waals surface area (Å²) in [6.45, 7) is 0. The number of hydrogen-bond acceptors (Lipinski definition) is 2. The molecule has 0 aliphatic heterocycles. The molecule has 0 aliphatic rings. The molecule has 2 nitrogen and oxygen atoms in total. The quantitative estimate of drug-likeness (QED) is 0.162. The van der Waals surface area contributed by atoms with E-state index in [0.717, 1.165) is 55.5 Å². The maximum atomic E-state index is 6.23. The molecule has 0 saturated heterocycles. The second-order valence-corrected chi connectivity index (χ2v) is 15.0. The Bertz CT molecular complexity index is 3270. The van der Waals surface area contributed by atoms with Gasteiger partial charge in [-0.05, 0) is 127 Å². The third-order valence-corrected chi connectivity index (χ3v) is 11.4. The van der Waals surface area contributed by atoms with Crippen molar-refractivity contribution in [2.75, 3.05) is 4.90 Å². The maximum Gasteiger partial charge on any atom is 0.136 e. The Hall–Kier alpha value is -7.68. The first-order chi connectivity index (χ1) is 28.7. The van der Waals surface area contributed by atoms with E-state index in [1.807, 2.05) is 12.1 Å². The maximum absolute atomic E-state index is 6.23. The summed E-state index contributed by atoms with van der Waals surface area (Å²) in [6.07, 6.45) is 0. The number of hydrogen-bond donors (Lipinski definition) is 0. The Morgan fingerprint density at radius 2 is 0.810 bits per heavy atom. The van der Waals surface area contributed by atoms with Gasteiger partial charge in [-0.1, -0.05) is 158 Å². The Kier molecular flexibility index (Phi) is 8.19. The van der Waals surface area contributed by atoms with Crippen LogP contribution in [0.1, 0.15) is 0 Å². The lowest BCUT2D eigenvalue weighted by molar-refractivity contribution is 0.669. The van der Waals surface area contributed by atoms with Crippen molar-refractivity contribution in [1.29, 1.82) is 0 Å². The fourth-order valence-corrected chi connectivity index (χ4v) is 8.46. The lowest BCUT2D eigenvalue weighted by Crippen LogP contribution is -2.11. The molecular formula is C56H37NO. The third-order valence-electron chi connectivity index (χ3n) is 11.4. The molecule has 0 radical (unpaired) electrons. The molecule has 0 atom stereocenters. The SMILES string of the molecule is c1ccc(-c2ccc(N(c3ccc(-c4cccc(-c5ccc6ccccc6c5)c4)cc3)c3ccccc3-c3ccc4cc5oc6ccccc6c5cc4c3)cc2)cc1. The lowest BCUT2D eigenvalue weighted by Gasteiger charge is -2.28. The molecule has 0 fully saturated rings. The molecule has 0 spiro atoms. The van der Waals surface area contributed by atoms with Gasteiger partial charge in [0.2, 0.25) is 0 Å². The molecule has 1 aromatic heterocycles. The first-order valence-corrected chi connectivity index (χ1v) is 19.8. The molecule has 11 aromatic rings. The first kappa shape index (κ1) is 33.6. The van der Waals surface area contributed by atoms with Crippen LogP contribution in [0.3, 0.4) is 0 Å². The van der Waals surface area contributed by atoms with Crippen LogP contribution in [-0.4, -0.2) is 0 Å². The average molecular weight is 740 g/mol. The van der Waals surface area contributed by atoms with Gasteiger partial charge in [-0.2, -0.15) is 0 Å². The van der Waals surface area contributed by atoms with Gasteiger partial charge in [0.15, 0.2) is 0 Å². The van der Waals surface area contributed by atoms with E-state index >= 15 is 0 Å². The summed E-state index contributed by atoms with van der Waals surface area (Å²) in [5.74, 6) is 0. The summed E-state index contributed by atoms with van der Waals surface area (Å²) in [7, 11) is 0. The monoisotopic (exact) mass is 739 g/mol. The Labute approximate surface area is 337 Å². The summed E-state index contributed by atoms with van der Waals surface area (Å²) < 4.78 is 6.23. The fraction of sp³-hybridized carbons (Fsp3) is 0. The zero-order chi connectivity index (χ0) is 38.4. The van der Waals surface area contributed by atoms with Crippen molar-refractivity contribution < 1.29 is 4.42 Å². The van der Waals surface area contributed by atoms with E-state index in [1.165, 1.54) is 49.5 Å². The molecule has 0 amide bonds.